The van der Waals surface area contributed by atoms with Crippen LogP contribution >= 0.6 is 27.8 Å². The van der Waals surface area contributed by atoms with E-state index in [1.165, 1.54) is 0 Å². The van der Waals surface area contributed by atoms with Gasteiger partial charge in [0.1, 0.15) is 0 Å². The molecule has 0 saturated heterocycles. The Morgan fingerprint density at radius 1 is 0.824 bits per heavy atom. The molecule has 0 spiro atoms. The summed E-state index contributed by atoms with van der Waals surface area (Å²) in [4.78, 5) is 33.0. The molecule has 0 bridgehead atoms. The zero-order chi connectivity index (χ0) is 13.9. The van der Waals surface area contributed by atoms with Crippen LogP contribution in [-0.2, 0) is 9.13 Å². The predicted octanol–water partition coefficient (Wildman–Crippen LogP) is 0.421. The summed E-state index contributed by atoms with van der Waals surface area (Å²) in [5.41, 5.74) is 0. The lowest BCUT2D eigenvalue weighted by atomic mass is 10.4. The highest BCUT2D eigenvalue weighted by Crippen LogP contribution is 2.35. The molecule has 0 radical (unpaired) electrons. The van der Waals surface area contributed by atoms with Crippen LogP contribution in [0.3, 0.4) is 0 Å². The molecule has 0 saturated carbocycles. The molecule has 106 valence electrons. The van der Waals surface area contributed by atoms with E-state index in [-0.39, 0.29) is 25.4 Å². The van der Waals surface area contributed by atoms with Crippen molar-refractivity contribution in [2.75, 3.05) is 24.7 Å². The van der Waals surface area contributed by atoms with E-state index in [0.29, 0.717) is 12.2 Å². The van der Waals surface area contributed by atoms with Crippen LogP contribution in [0.25, 0.3) is 0 Å². The van der Waals surface area contributed by atoms with Crippen LogP contribution in [0.2, 0.25) is 0 Å². The Balaban J connectivity index is 0. The van der Waals surface area contributed by atoms with Gasteiger partial charge in [-0.15, -0.1) is 0 Å². The van der Waals surface area contributed by atoms with Gasteiger partial charge in [0.25, 0.3) is 0 Å². The summed E-state index contributed by atoms with van der Waals surface area (Å²) in [6.07, 6.45) is 1.28. The van der Waals surface area contributed by atoms with Gasteiger partial charge in [0.05, 0.1) is 6.16 Å². The molecule has 10 heteroatoms. The molecule has 0 aliphatic rings. The van der Waals surface area contributed by atoms with E-state index in [1.807, 2.05) is 0 Å². The molecule has 7 nitrogen and oxygen atoms in total. The van der Waals surface area contributed by atoms with Crippen molar-refractivity contribution in [2.45, 2.75) is 19.3 Å². The van der Waals surface area contributed by atoms with Gasteiger partial charge in [-0.2, -0.15) is 12.6 Å². The number of rotatable bonds is 7. The summed E-state index contributed by atoms with van der Waals surface area (Å²) < 4.78 is 20.1. The zero-order valence-corrected chi connectivity index (χ0v) is 12.0. The molecule has 0 rings (SSSR count). The predicted molar refractivity (Wildman–Crippen MR) is 68.6 cm³/mol. The van der Waals surface area contributed by atoms with Gasteiger partial charge >= 0.3 is 15.2 Å². The number of thiol groups is 1. The molecule has 0 atom stereocenters. The van der Waals surface area contributed by atoms with Gasteiger partial charge in [-0.3, -0.25) is 9.13 Å². The fourth-order valence-electron chi connectivity index (χ4n) is 0.706. The van der Waals surface area contributed by atoms with Crippen LogP contribution < -0.4 is 0 Å². The van der Waals surface area contributed by atoms with Crippen LogP contribution in [-0.4, -0.2) is 49.4 Å². The fourth-order valence-corrected chi connectivity index (χ4v) is 2.12. The first-order chi connectivity index (χ1) is 7.62. The Kier molecular flexibility index (Phi) is 12.3. The second-order valence-electron chi connectivity index (χ2n) is 3.28. The Bertz CT molecular complexity index is 261. The summed E-state index contributed by atoms with van der Waals surface area (Å²) in [5, 5.41) is 8.09. The molecular weight excluding hydrogens is 290 g/mol. The highest BCUT2D eigenvalue weighted by Gasteiger charge is 2.10. The Labute approximate surface area is 106 Å². The molecule has 0 unspecified atom stereocenters. The number of unbranched alkanes of at least 4 members (excludes halogenated alkanes) is 1. The van der Waals surface area contributed by atoms with E-state index in [0.717, 1.165) is 6.42 Å². The van der Waals surface area contributed by atoms with E-state index in [2.05, 4.69) is 12.6 Å². The van der Waals surface area contributed by atoms with Crippen molar-refractivity contribution in [2.24, 2.45) is 0 Å². The van der Waals surface area contributed by atoms with Crippen molar-refractivity contribution in [1.82, 2.24) is 0 Å². The minimum Gasteiger partial charge on any atom is -0.396 e. The molecule has 0 aromatic rings. The van der Waals surface area contributed by atoms with Crippen molar-refractivity contribution in [1.29, 1.82) is 0 Å². The highest BCUT2D eigenvalue weighted by molar-refractivity contribution is 7.80. The zero-order valence-electron chi connectivity index (χ0n) is 9.34. The molecule has 0 heterocycles. The normalized spacial score (nSPS) is 11.9. The molecule has 0 amide bonds. The molecule has 0 aromatic heterocycles. The number of aliphatic hydroxyl groups excluding tert-OH is 1. The third kappa shape index (κ3) is 26.3. The van der Waals surface area contributed by atoms with Crippen LogP contribution in [0.1, 0.15) is 19.3 Å². The molecule has 0 aromatic carbocycles. The maximum Gasteiger partial charge on any atom is 0.325 e. The second-order valence-corrected chi connectivity index (χ2v) is 7.28. The minimum absolute atomic E-state index is 0.00639. The average Bonchev–Trinajstić information content (AvgIpc) is 2.13. The molecule has 0 aliphatic heterocycles. The highest BCUT2D eigenvalue weighted by atomic mass is 32.1. The van der Waals surface area contributed by atoms with Crippen LogP contribution in [0.5, 0.6) is 0 Å². The van der Waals surface area contributed by atoms with Gasteiger partial charge in [0.2, 0.25) is 0 Å². The Morgan fingerprint density at radius 2 is 1.24 bits per heavy atom. The van der Waals surface area contributed by atoms with Crippen molar-refractivity contribution >= 4 is 27.8 Å². The first kappa shape index (κ1) is 19.9. The fraction of sp³-hybridized carbons (Fsp3) is 1.00. The molecular formula is C7H20O7P2S. The molecule has 17 heavy (non-hydrogen) atoms. The van der Waals surface area contributed by atoms with Gasteiger partial charge in [0.15, 0.2) is 0 Å². The van der Waals surface area contributed by atoms with Gasteiger partial charge in [-0.05, 0) is 25.0 Å². The quantitative estimate of drug-likeness (QED) is 0.228. The van der Waals surface area contributed by atoms with Crippen LogP contribution in [0.15, 0.2) is 0 Å². The summed E-state index contributed by atoms with van der Waals surface area (Å²) >= 11 is 3.90. The van der Waals surface area contributed by atoms with Crippen LogP contribution in [0, 0.1) is 0 Å². The second kappa shape index (κ2) is 10.5. The van der Waals surface area contributed by atoms with E-state index in [9.17, 15) is 9.13 Å². The molecule has 0 fully saturated rings. The minimum atomic E-state index is -3.84. The maximum absolute atomic E-state index is 10.2. The van der Waals surface area contributed by atoms with E-state index >= 15 is 0 Å². The standard InChI is InChI=1S/C4H11O3PS.C3H9O4P/c5-8(6,7)3-1-2-4-9;4-2-1-3-8(5,6)7/h9H,1-4H2,(H2,5,6,7);4H,1-3H2,(H2,5,6,7). The summed E-state index contributed by atoms with van der Waals surface area (Å²) in [5.74, 6) is 0.694. The lowest BCUT2D eigenvalue weighted by Crippen LogP contribution is -1.90. The third-order valence-corrected chi connectivity index (χ3v) is 3.58. The monoisotopic (exact) mass is 310 g/mol. The summed E-state index contributed by atoms with van der Waals surface area (Å²) in [6, 6.07) is 0. The first-order valence-electron chi connectivity index (χ1n) is 4.93. The smallest absolute Gasteiger partial charge is 0.325 e. The van der Waals surface area contributed by atoms with E-state index in [1.54, 1.807) is 0 Å². The van der Waals surface area contributed by atoms with Crippen LogP contribution in [0.4, 0.5) is 0 Å². The number of hydrogen-bond donors (Lipinski definition) is 6. The van der Waals surface area contributed by atoms with E-state index < -0.39 is 15.2 Å². The van der Waals surface area contributed by atoms with E-state index in [4.69, 9.17) is 24.7 Å². The Morgan fingerprint density at radius 3 is 1.47 bits per heavy atom. The first-order valence-corrected chi connectivity index (χ1v) is 9.16. The largest absolute Gasteiger partial charge is 0.396 e. The average molecular weight is 310 g/mol. The van der Waals surface area contributed by atoms with Gasteiger partial charge in [-0.25, -0.2) is 0 Å². The van der Waals surface area contributed by atoms with Crippen molar-refractivity contribution in [3.8, 4) is 0 Å². The topological polar surface area (TPSA) is 135 Å². The Hall–Kier alpha value is 0.610. The third-order valence-electron chi connectivity index (χ3n) is 1.47. The summed E-state index contributed by atoms with van der Waals surface area (Å²) in [6.45, 7) is -0.162. The van der Waals surface area contributed by atoms with Crippen molar-refractivity contribution < 1.29 is 33.8 Å². The number of hydrogen-bond acceptors (Lipinski definition) is 4. The molecule has 0 aliphatic carbocycles. The number of aliphatic hydroxyl groups is 1. The molecule has 5 N–H and O–H groups in total. The van der Waals surface area contributed by atoms with Crippen molar-refractivity contribution in [3.63, 3.8) is 0 Å². The lowest BCUT2D eigenvalue weighted by Gasteiger charge is -2.00. The maximum atomic E-state index is 10.2. The van der Waals surface area contributed by atoms with Gasteiger partial charge in [-0.1, -0.05) is 0 Å². The lowest BCUT2D eigenvalue weighted by molar-refractivity contribution is 0.289. The van der Waals surface area contributed by atoms with Crippen molar-refractivity contribution in [3.05, 3.63) is 0 Å². The SMILES string of the molecule is O=P(O)(O)CCCCS.O=P(O)(O)CCCO. The van der Waals surface area contributed by atoms with Gasteiger partial charge in [0, 0.05) is 12.8 Å². The summed E-state index contributed by atoms with van der Waals surface area (Å²) in [7, 11) is -7.57. The van der Waals surface area contributed by atoms with Gasteiger partial charge < -0.3 is 24.7 Å².